The molecule has 56 valence electrons. The van der Waals surface area contributed by atoms with Crippen LogP contribution in [0.1, 0.15) is 9.49 Å². The van der Waals surface area contributed by atoms with E-state index in [1.54, 1.807) is 0 Å². The Morgan fingerprint density at radius 1 is 1.27 bits per heavy atom. The van der Waals surface area contributed by atoms with E-state index in [1.807, 2.05) is 36.4 Å². The molecule has 0 amide bonds. The summed E-state index contributed by atoms with van der Waals surface area (Å²) in [6.45, 7) is 0. The molecule has 0 aliphatic heterocycles. The second-order valence-electron chi connectivity index (χ2n) is 2.03. The van der Waals surface area contributed by atoms with E-state index in [0.717, 1.165) is 5.56 Å². The molecule has 1 rings (SSSR count). The normalized spacial score (nSPS) is 11.4. The van der Waals surface area contributed by atoms with Crippen LogP contribution in [0, 0.1) is 12.0 Å². The zero-order valence-corrected chi connectivity index (χ0v) is 7.95. The van der Waals surface area contributed by atoms with Crippen LogP contribution in [0.25, 0.3) is 0 Å². The fraction of sp³-hybridized carbons (Fsp3) is 0.111. The monoisotopic (exact) mass is 258 g/mol. The van der Waals surface area contributed by atoms with Crippen LogP contribution in [0.2, 0.25) is 0 Å². The summed E-state index contributed by atoms with van der Waals surface area (Å²) in [5.41, 5.74) is 1.12. The average molecular weight is 258 g/mol. The first-order valence-corrected chi connectivity index (χ1v) is 4.43. The van der Waals surface area contributed by atoms with Crippen LogP contribution in [-0.2, 0) is 0 Å². The molecule has 0 radical (unpaired) electrons. The zero-order chi connectivity index (χ0) is 8.10. The highest BCUT2D eigenvalue weighted by atomic mass is 127. The van der Waals surface area contributed by atoms with Gasteiger partial charge in [-0.1, -0.05) is 52.9 Å². The van der Waals surface area contributed by atoms with Crippen LogP contribution in [0.15, 0.2) is 30.3 Å². The number of aliphatic hydroxyl groups excluding tert-OH is 1. The molecule has 1 nitrogen and oxygen atoms in total. The SMILES string of the molecule is OC#CC(I)c1ccccc1. The van der Waals surface area contributed by atoms with Gasteiger partial charge in [0, 0.05) is 0 Å². The Balaban J connectivity index is 2.82. The molecule has 0 spiro atoms. The highest BCUT2D eigenvalue weighted by molar-refractivity contribution is 14.1. The van der Waals surface area contributed by atoms with Crippen molar-refractivity contribution in [1.82, 2.24) is 0 Å². The van der Waals surface area contributed by atoms with Crippen molar-refractivity contribution >= 4 is 22.6 Å². The Morgan fingerprint density at radius 3 is 2.45 bits per heavy atom. The van der Waals surface area contributed by atoms with Crippen molar-refractivity contribution in [2.45, 2.75) is 3.92 Å². The van der Waals surface area contributed by atoms with Crippen molar-refractivity contribution in [1.29, 1.82) is 0 Å². The summed E-state index contributed by atoms with van der Waals surface area (Å²) >= 11 is 2.17. The number of halogens is 1. The van der Waals surface area contributed by atoms with E-state index in [-0.39, 0.29) is 3.92 Å². The second-order valence-corrected chi connectivity index (χ2v) is 3.28. The minimum absolute atomic E-state index is 0.0822. The Bertz CT molecular complexity index is 271. The lowest BCUT2D eigenvalue weighted by molar-refractivity contribution is 0.516. The molecule has 0 saturated heterocycles. The predicted molar refractivity (Wildman–Crippen MR) is 52.9 cm³/mol. The third-order valence-corrected chi connectivity index (χ3v) is 2.31. The van der Waals surface area contributed by atoms with Crippen LogP contribution in [0.5, 0.6) is 0 Å². The first kappa shape index (κ1) is 8.41. The lowest BCUT2D eigenvalue weighted by atomic mass is 10.2. The van der Waals surface area contributed by atoms with Crippen LogP contribution >= 0.6 is 22.6 Å². The average Bonchev–Trinajstić information content (AvgIpc) is 2.07. The van der Waals surface area contributed by atoms with Gasteiger partial charge in [0.25, 0.3) is 0 Å². The fourth-order valence-electron chi connectivity index (χ4n) is 0.762. The largest absolute Gasteiger partial charge is 0.462 e. The molecule has 0 heterocycles. The summed E-state index contributed by atoms with van der Waals surface area (Å²) in [5.74, 6) is 2.65. The van der Waals surface area contributed by atoms with Gasteiger partial charge < -0.3 is 5.11 Å². The molecule has 1 atom stereocenters. The molecular weight excluding hydrogens is 251 g/mol. The molecule has 1 aromatic rings. The molecule has 0 bridgehead atoms. The van der Waals surface area contributed by atoms with E-state index in [4.69, 9.17) is 5.11 Å². The molecule has 0 fully saturated rings. The van der Waals surface area contributed by atoms with E-state index in [1.165, 1.54) is 0 Å². The highest BCUT2D eigenvalue weighted by Crippen LogP contribution is 2.21. The lowest BCUT2D eigenvalue weighted by Gasteiger charge is -1.99. The molecule has 1 N–H and O–H groups in total. The number of alkyl halides is 1. The van der Waals surface area contributed by atoms with Gasteiger partial charge in [-0.05, 0) is 11.5 Å². The topological polar surface area (TPSA) is 20.2 Å². The number of hydrogen-bond donors (Lipinski definition) is 1. The summed E-state index contributed by atoms with van der Waals surface area (Å²) in [7, 11) is 0. The molecule has 11 heavy (non-hydrogen) atoms. The summed E-state index contributed by atoms with van der Waals surface area (Å²) in [4.78, 5) is 0. The van der Waals surface area contributed by atoms with Crippen molar-refractivity contribution in [2.24, 2.45) is 0 Å². The molecule has 1 unspecified atom stereocenters. The summed E-state index contributed by atoms with van der Waals surface area (Å²) in [6.07, 6.45) is 1.91. The number of rotatable bonds is 1. The van der Waals surface area contributed by atoms with Crippen molar-refractivity contribution in [3.8, 4) is 12.0 Å². The highest BCUT2D eigenvalue weighted by Gasteiger charge is 2.00. The molecule has 0 aliphatic rings. The van der Waals surface area contributed by atoms with Gasteiger partial charge in [-0.15, -0.1) is 0 Å². The maximum atomic E-state index is 8.33. The Labute approximate surface area is 79.6 Å². The molecule has 2 heteroatoms. The zero-order valence-electron chi connectivity index (χ0n) is 5.79. The van der Waals surface area contributed by atoms with Gasteiger partial charge >= 0.3 is 0 Å². The Morgan fingerprint density at radius 2 is 1.91 bits per heavy atom. The van der Waals surface area contributed by atoms with Crippen LogP contribution in [0.3, 0.4) is 0 Å². The Hall–Kier alpha value is -0.690. The third kappa shape index (κ3) is 2.43. The van der Waals surface area contributed by atoms with Gasteiger partial charge in [0.1, 0.15) is 10.0 Å². The summed E-state index contributed by atoms with van der Waals surface area (Å²) in [5, 5.41) is 8.33. The quantitative estimate of drug-likeness (QED) is 0.466. The molecule has 0 aliphatic carbocycles. The van der Waals surface area contributed by atoms with E-state index in [2.05, 4.69) is 28.5 Å². The van der Waals surface area contributed by atoms with Crippen LogP contribution in [0.4, 0.5) is 0 Å². The fourth-order valence-corrected chi connectivity index (χ4v) is 1.32. The summed E-state index contributed by atoms with van der Waals surface area (Å²) < 4.78 is 0.0822. The van der Waals surface area contributed by atoms with E-state index in [0.29, 0.717) is 0 Å². The van der Waals surface area contributed by atoms with E-state index in [9.17, 15) is 0 Å². The molecular formula is C9H7IO. The maximum absolute atomic E-state index is 8.33. The van der Waals surface area contributed by atoms with Gasteiger partial charge in [-0.25, -0.2) is 0 Å². The smallest absolute Gasteiger partial charge is 0.108 e. The minimum Gasteiger partial charge on any atom is -0.462 e. The minimum atomic E-state index is 0.0822. The van der Waals surface area contributed by atoms with Gasteiger partial charge in [0.15, 0.2) is 0 Å². The predicted octanol–water partition coefficient (Wildman–Crippen LogP) is 2.50. The van der Waals surface area contributed by atoms with E-state index >= 15 is 0 Å². The first-order valence-electron chi connectivity index (χ1n) is 3.18. The third-order valence-electron chi connectivity index (χ3n) is 1.28. The van der Waals surface area contributed by atoms with Gasteiger partial charge in [-0.3, -0.25) is 0 Å². The first-order chi connectivity index (χ1) is 5.34. The van der Waals surface area contributed by atoms with Gasteiger partial charge in [-0.2, -0.15) is 0 Å². The molecule has 1 aromatic carbocycles. The van der Waals surface area contributed by atoms with Crippen molar-refractivity contribution in [3.05, 3.63) is 35.9 Å². The molecule has 0 saturated carbocycles. The number of aliphatic hydroxyl groups is 1. The van der Waals surface area contributed by atoms with Crippen molar-refractivity contribution in [3.63, 3.8) is 0 Å². The Kier molecular flexibility index (Phi) is 3.24. The summed E-state index contributed by atoms with van der Waals surface area (Å²) in [6, 6.07) is 9.85. The standard InChI is InChI=1S/C9H7IO/c10-9(6-7-11)8-4-2-1-3-5-8/h1-5,9,11H. The maximum Gasteiger partial charge on any atom is 0.108 e. The number of hydrogen-bond acceptors (Lipinski definition) is 1. The second kappa shape index (κ2) is 4.24. The van der Waals surface area contributed by atoms with Gasteiger partial charge in [0.2, 0.25) is 0 Å². The van der Waals surface area contributed by atoms with Crippen molar-refractivity contribution < 1.29 is 5.11 Å². The lowest BCUT2D eigenvalue weighted by Crippen LogP contribution is -1.83. The van der Waals surface area contributed by atoms with Gasteiger partial charge in [0.05, 0.1) is 0 Å². The van der Waals surface area contributed by atoms with Crippen molar-refractivity contribution in [2.75, 3.05) is 0 Å². The van der Waals surface area contributed by atoms with E-state index < -0.39 is 0 Å². The molecule has 0 aromatic heterocycles. The van der Waals surface area contributed by atoms with Crippen LogP contribution in [-0.4, -0.2) is 5.11 Å². The van der Waals surface area contributed by atoms with Crippen LogP contribution < -0.4 is 0 Å². The number of benzene rings is 1.